The van der Waals surface area contributed by atoms with E-state index in [-0.39, 0.29) is 5.75 Å². The third-order valence-electron chi connectivity index (χ3n) is 1.65. The van der Waals surface area contributed by atoms with Crippen molar-refractivity contribution in [1.82, 2.24) is 0 Å². The van der Waals surface area contributed by atoms with Crippen LogP contribution >= 0.6 is 0 Å². The Morgan fingerprint density at radius 1 is 1.58 bits per heavy atom. The first kappa shape index (κ1) is 9.22. The quantitative estimate of drug-likeness (QED) is 0.539. The van der Waals surface area contributed by atoms with Gasteiger partial charge in [-0.25, -0.2) is 4.21 Å². The summed E-state index contributed by atoms with van der Waals surface area (Å²) in [5.41, 5.74) is 7.97. The Bertz CT molecular complexity index is 312. The monoisotopic (exact) mass is 185 g/mol. The van der Waals surface area contributed by atoms with E-state index in [0.717, 1.165) is 11.1 Å². The van der Waals surface area contributed by atoms with Crippen LogP contribution in [-0.2, 0) is 16.8 Å². The highest BCUT2D eigenvalue weighted by Crippen LogP contribution is 2.13. The van der Waals surface area contributed by atoms with Gasteiger partial charge >= 0.3 is 0 Å². The molecule has 0 spiro atoms. The lowest BCUT2D eigenvalue weighted by atomic mass is 10.1. The van der Waals surface area contributed by atoms with E-state index in [0.29, 0.717) is 5.69 Å². The smallest absolute Gasteiger partial charge is 0.157 e. The summed E-state index contributed by atoms with van der Waals surface area (Å²) < 4.78 is 19.2. The van der Waals surface area contributed by atoms with Gasteiger partial charge in [-0.2, -0.15) is 0 Å². The van der Waals surface area contributed by atoms with Gasteiger partial charge in [0.15, 0.2) is 11.1 Å². The summed E-state index contributed by atoms with van der Waals surface area (Å²) in [4.78, 5) is 0. The van der Waals surface area contributed by atoms with Gasteiger partial charge in [-0.1, -0.05) is 6.07 Å². The Hall–Kier alpha value is -0.870. The standard InChI is InChI=1S/C8H11NO2S/c1-6-2-3-8(9)4-7(6)5-12(10)11/h2-4H,5,9H2,1H3,(H,10,11). The first-order valence-corrected chi connectivity index (χ1v) is 4.79. The molecule has 66 valence electrons. The molecule has 0 aliphatic carbocycles. The first-order valence-electron chi connectivity index (χ1n) is 3.52. The van der Waals surface area contributed by atoms with E-state index >= 15 is 0 Å². The fourth-order valence-corrected chi connectivity index (χ4v) is 1.56. The molecule has 3 nitrogen and oxygen atoms in total. The zero-order valence-corrected chi connectivity index (χ0v) is 7.60. The predicted molar refractivity (Wildman–Crippen MR) is 50.1 cm³/mol. The van der Waals surface area contributed by atoms with Gasteiger partial charge in [0.25, 0.3) is 0 Å². The van der Waals surface area contributed by atoms with Gasteiger partial charge in [-0.3, -0.25) is 0 Å². The van der Waals surface area contributed by atoms with Crippen molar-refractivity contribution in [3.63, 3.8) is 0 Å². The van der Waals surface area contributed by atoms with Gasteiger partial charge in [-0.15, -0.1) is 0 Å². The van der Waals surface area contributed by atoms with Crippen LogP contribution in [0.15, 0.2) is 18.2 Å². The van der Waals surface area contributed by atoms with Crippen molar-refractivity contribution < 1.29 is 8.76 Å². The summed E-state index contributed by atoms with van der Waals surface area (Å²) in [6, 6.07) is 5.35. The van der Waals surface area contributed by atoms with Crippen LogP contribution in [0.5, 0.6) is 0 Å². The minimum absolute atomic E-state index is 0.150. The van der Waals surface area contributed by atoms with Crippen molar-refractivity contribution >= 4 is 16.8 Å². The van der Waals surface area contributed by atoms with Crippen LogP contribution in [0.4, 0.5) is 5.69 Å². The lowest BCUT2D eigenvalue weighted by Gasteiger charge is -2.03. The Kier molecular flexibility index (Phi) is 2.83. The zero-order valence-electron chi connectivity index (χ0n) is 6.78. The second-order valence-electron chi connectivity index (χ2n) is 2.65. The molecule has 1 unspecified atom stereocenters. The van der Waals surface area contributed by atoms with Gasteiger partial charge in [-0.05, 0) is 30.2 Å². The van der Waals surface area contributed by atoms with E-state index in [9.17, 15) is 4.21 Å². The van der Waals surface area contributed by atoms with Crippen molar-refractivity contribution in [3.8, 4) is 0 Å². The Morgan fingerprint density at radius 3 is 2.83 bits per heavy atom. The van der Waals surface area contributed by atoms with E-state index in [1.54, 1.807) is 12.1 Å². The predicted octanol–water partition coefficient (Wildman–Crippen LogP) is 1.30. The topological polar surface area (TPSA) is 63.3 Å². The largest absolute Gasteiger partial charge is 0.399 e. The number of nitrogen functional groups attached to an aromatic ring is 1. The summed E-state index contributed by atoms with van der Waals surface area (Å²) in [5, 5.41) is 0. The molecule has 4 heteroatoms. The molecule has 1 aromatic rings. The van der Waals surface area contributed by atoms with Crippen molar-refractivity contribution in [1.29, 1.82) is 0 Å². The molecular weight excluding hydrogens is 174 g/mol. The van der Waals surface area contributed by atoms with E-state index in [1.165, 1.54) is 0 Å². The minimum atomic E-state index is -1.79. The van der Waals surface area contributed by atoms with Crippen molar-refractivity contribution in [3.05, 3.63) is 29.3 Å². The Labute approximate surface area is 73.9 Å². The lowest BCUT2D eigenvalue weighted by molar-refractivity contribution is 0.563. The average molecular weight is 185 g/mol. The summed E-state index contributed by atoms with van der Waals surface area (Å²) in [7, 11) is 0. The van der Waals surface area contributed by atoms with Crippen molar-refractivity contribution in [2.24, 2.45) is 0 Å². The second kappa shape index (κ2) is 3.69. The summed E-state index contributed by atoms with van der Waals surface area (Å²) in [5.74, 6) is 0.150. The number of anilines is 1. The second-order valence-corrected chi connectivity index (χ2v) is 3.58. The van der Waals surface area contributed by atoms with Gasteiger partial charge < -0.3 is 10.3 Å². The molecule has 0 aromatic heterocycles. The highest BCUT2D eigenvalue weighted by Gasteiger charge is 2.01. The molecule has 0 saturated heterocycles. The van der Waals surface area contributed by atoms with Crippen LogP contribution in [0.1, 0.15) is 11.1 Å². The number of aryl methyl sites for hydroxylation is 1. The molecule has 3 N–H and O–H groups in total. The molecule has 0 fully saturated rings. The maximum atomic E-state index is 10.5. The average Bonchev–Trinajstić information content (AvgIpc) is 1.96. The maximum absolute atomic E-state index is 10.5. The van der Waals surface area contributed by atoms with Crippen LogP contribution in [0.2, 0.25) is 0 Å². The fourth-order valence-electron chi connectivity index (χ4n) is 0.980. The molecule has 0 radical (unpaired) electrons. The SMILES string of the molecule is Cc1ccc(N)cc1CS(=O)O. The fraction of sp³-hybridized carbons (Fsp3) is 0.250. The Morgan fingerprint density at radius 2 is 2.25 bits per heavy atom. The van der Waals surface area contributed by atoms with Crippen molar-refractivity contribution in [2.75, 3.05) is 5.73 Å². The number of hydrogen-bond donors (Lipinski definition) is 2. The van der Waals surface area contributed by atoms with E-state index < -0.39 is 11.1 Å². The minimum Gasteiger partial charge on any atom is -0.399 e. The van der Waals surface area contributed by atoms with Crippen LogP contribution in [0.25, 0.3) is 0 Å². The number of benzene rings is 1. The highest BCUT2D eigenvalue weighted by atomic mass is 32.2. The molecule has 0 aliphatic heterocycles. The summed E-state index contributed by atoms with van der Waals surface area (Å²) in [6.07, 6.45) is 0. The van der Waals surface area contributed by atoms with E-state index in [2.05, 4.69) is 0 Å². The zero-order chi connectivity index (χ0) is 9.14. The molecule has 1 aromatic carbocycles. The number of hydrogen-bond acceptors (Lipinski definition) is 2. The van der Waals surface area contributed by atoms with Crippen molar-refractivity contribution in [2.45, 2.75) is 12.7 Å². The summed E-state index contributed by atoms with van der Waals surface area (Å²) in [6.45, 7) is 1.89. The first-order chi connectivity index (χ1) is 5.59. The van der Waals surface area contributed by atoms with E-state index in [1.807, 2.05) is 13.0 Å². The number of rotatable bonds is 2. The molecule has 0 bridgehead atoms. The van der Waals surface area contributed by atoms with Gasteiger partial charge in [0.2, 0.25) is 0 Å². The molecule has 0 aliphatic rings. The third-order valence-corrected chi connectivity index (χ3v) is 2.21. The lowest BCUT2D eigenvalue weighted by Crippen LogP contribution is -1.97. The molecule has 0 amide bonds. The molecule has 1 atom stereocenters. The van der Waals surface area contributed by atoms with Crippen LogP contribution in [-0.4, -0.2) is 8.76 Å². The van der Waals surface area contributed by atoms with Gasteiger partial charge in [0.05, 0.1) is 5.75 Å². The molecule has 0 heterocycles. The third kappa shape index (κ3) is 2.32. The van der Waals surface area contributed by atoms with Crippen LogP contribution < -0.4 is 5.73 Å². The normalized spacial score (nSPS) is 12.8. The molecule has 1 rings (SSSR count). The van der Waals surface area contributed by atoms with Crippen LogP contribution in [0, 0.1) is 6.92 Å². The van der Waals surface area contributed by atoms with Gasteiger partial charge in [0, 0.05) is 5.69 Å². The maximum Gasteiger partial charge on any atom is 0.157 e. The highest BCUT2D eigenvalue weighted by molar-refractivity contribution is 7.78. The van der Waals surface area contributed by atoms with E-state index in [4.69, 9.17) is 10.3 Å². The molecule has 12 heavy (non-hydrogen) atoms. The van der Waals surface area contributed by atoms with Gasteiger partial charge in [0.1, 0.15) is 0 Å². The number of nitrogens with two attached hydrogens (primary N) is 1. The molecular formula is C8H11NO2S. The summed E-state index contributed by atoms with van der Waals surface area (Å²) >= 11 is -1.79. The molecule has 0 saturated carbocycles. The Balaban J connectivity index is 2.97. The van der Waals surface area contributed by atoms with Crippen LogP contribution in [0.3, 0.4) is 0 Å².